The predicted octanol–water partition coefficient (Wildman–Crippen LogP) is 3.32. The Labute approximate surface area is 104 Å². The first-order valence-corrected chi connectivity index (χ1v) is 6.49. The van der Waals surface area contributed by atoms with Gasteiger partial charge in [0.15, 0.2) is 0 Å². The zero-order chi connectivity index (χ0) is 12.3. The van der Waals surface area contributed by atoms with Crippen molar-refractivity contribution in [2.24, 2.45) is 0 Å². The molecule has 2 rings (SSSR count). The Morgan fingerprint density at radius 3 is 2.94 bits per heavy atom. The normalized spacial score (nSPS) is 24.8. The van der Waals surface area contributed by atoms with Crippen LogP contribution in [0.1, 0.15) is 44.2 Å². The topological polar surface area (TPSA) is 27.0 Å². The highest BCUT2D eigenvalue weighted by atomic mass is 15.2. The van der Waals surface area contributed by atoms with Gasteiger partial charge >= 0.3 is 0 Å². The van der Waals surface area contributed by atoms with E-state index in [1.54, 1.807) is 0 Å². The summed E-state index contributed by atoms with van der Waals surface area (Å²) in [5.74, 6) is 0. The fraction of sp³-hybridized carbons (Fsp3) is 0.533. The van der Waals surface area contributed by atoms with Gasteiger partial charge < -0.3 is 0 Å². The van der Waals surface area contributed by atoms with Gasteiger partial charge in [-0.15, -0.1) is 0 Å². The summed E-state index contributed by atoms with van der Waals surface area (Å²) in [5, 5.41) is 8.91. The van der Waals surface area contributed by atoms with Crippen LogP contribution in [0.2, 0.25) is 0 Å². The molecule has 0 aromatic heterocycles. The van der Waals surface area contributed by atoms with Gasteiger partial charge in [-0.1, -0.05) is 19.1 Å². The lowest BCUT2D eigenvalue weighted by atomic mass is 10.1. The lowest BCUT2D eigenvalue weighted by molar-refractivity contribution is 0.189. The van der Waals surface area contributed by atoms with Crippen LogP contribution < -0.4 is 0 Å². The average Bonchev–Trinajstić information content (AvgIpc) is 2.71. The molecule has 0 saturated carbocycles. The van der Waals surface area contributed by atoms with Crippen molar-refractivity contribution in [2.75, 3.05) is 0 Å². The molecule has 0 amide bonds. The van der Waals surface area contributed by atoms with E-state index in [-0.39, 0.29) is 0 Å². The third-order valence-corrected chi connectivity index (χ3v) is 3.85. The van der Waals surface area contributed by atoms with Gasteiger partial charge in [-0.25, -0.2) is 0 Å². The molecule has 2 atom stereocenters. The Balaban J connectivity index is 2.11. The predicted molar refractivity (Wildman–Crippen MR) is 69.5 cm³/mol. The third kappa shape index (κ3) is 2.68. The Morgan fingerprint density at radius 1 is 1.41 bits per heavy atom. The molecule has 0 aliphatic carbocycles. The van der Waals surface area contributed by atoms with Crippen molar-refractivity contribution in [1.82, 2.24) is 4.90 Å². The van der Waals surface area contributed by atoms with Crippen molar-refractivity contribution >= 4 is 0 Å². The SMILES string of the molecule is CCC1CCC(C)N1Cc1cccc(C#N)c1. The first-order chi connectivity index (χ1) is 8.24. The molecule has 1 aliphatic rings. The van der Waals surface area contributed by atoms with E-state index in [1.165, 1.54) is 24.8 Å². The van der Waals surface area contributed by atoms with Crippen LogP contribution >= 0.6 is 0 Å². The summed E-state index contributed by atoms with van der Waals surface area (Å²) >= 11 is 0. The quantitative estimate of drug-likeness (QED) is 0.793. The summed E-state index contributed by atoms with van der Waals surface area (Å²) in [5.41, 5.74) is 2.03. The molecule has 1 saturated heterocycles. The van der Waals surface area contributed by atoms with Gasteiger partial charge in [0.1, 0.15) is 0 Å². The molecule has 0 spiro atoms. The number of hydrogen-bond donors (Lipinski definition) is 0. The molecule has 2 nitrogen and oxygen atoms in total. The van der Waals surface area contributed by atoms with E-state index < -0.39 is 0 Å². The molecule has 1 heterocycles. The largest absolute Gasteiger partial charge is 0.293 e. The summed E-state index contributed by atoms with van der Waals surface area (Å²) in [4.78, 5) is 2.58. The lowest BCUT2D eigenvalue weighted by Crippen LogP contribution is -2.33. The molecule has 1 fully saturated rings. The van der Waals surface area contributed by atoms with Gasteiger partial charge in [0.2, 0.25) is 0 Å². The van der Waals surface area contributed by atoms with Gasteiger partial charge in [-0.3, -0.25) is 4.90 Å². The van der Waals surface area contributed by atoms with Crippen LogP contribution in [0.4, 0.5) is 0 Å². The number of nitrogens with zero attached hydrogens (tertiary/aromatic N) is 2. The van der Waals surface area contributed by atoms with Gasteiger partial charge in [-0.05, 0) is 43.9 Å². The highest BCUT2D eigenvalue weighted by Crippen LogP contribution is 2.27. The van der Waals surface area contributed by atoms with Gasteiger partial charge in [0, 0.05) is 18.6 Å². The van der Waals surface area contributed by atoms with Gasteiger partial charge in [0.05, 0.1) is 11.6 Å². The molecule has 1 aliphatic heterocycles. The van der Waals surface area contributed by atoms with Crippen LogP contribution in [-0.2, 0) is 6.54 Å². The number of likely N-dealkylation sites (tertiary alicyclic amines) is 1. The lowest BCUT2D eigenvalue weighted by Gasteiger charge is -2.27. The van der Waals surface area contributed by atoms with Crippen LogP contribution in [0, 0.1) is 11.3 Å². The van der Waals surface area contributed by atoms with Crippen molar-refractivity contribution in [3.8, 4) is 6.07 Å². The maximum absolute atomic E-state index is 8.91. The molecule has 90 valence electrons. The van der Waals surface area contributed by atoms with E-state index in [2.05, 4.69) is 30.9 Å². The fourth-order valence-corrected chi connectivity index (χ4v) is 2.80. The van der Waals surface area contributed by atoms with Crippen LogP contribution in [-0.4, -0.2) is 17.0 Å². The van der Waals surface area contributed by atoms with E-state index in [4.69, 9.17) is 5.26 Å². The number of hydrogen-bond acceptors (Lipinski definition) is 2. The summed E-state index contributed by atoms with van der Waals surface area (Å²) in [6.45, 7) is 5.56. The molecular weight excluding hydrogens is 208 g/mol. The summed E-state index contributed by atoms with van der Waals surface area (Å²) in [6.07, 6.45) is 3.84. The fourth-order valence-electron chi connectivity index (χ4n) is 2.80. The van der Waals surface area contributed by atoms with Crippen molar-refractivity contribution < 1.29 is 0 Å². The van der Waals surface area contributed by atoms with E-state index in [0.717, 1.165) is 18.2 Å². The van der Waals surface area contributed by atoms with E-state index in [1.807, 2.05) is 18.2 Å². The molecular formula is C15H20N2. The number of rotatable bonds is 3. The minimum atomic E-state index is 0.672. The molecule has 2 heteroatoms. The zero-order valence-corrected chi connectivity index (χ0v) is 10.7. The molecule has 2 unspecified atom stereocenters. The zero-order valence-electron chi connectivity index (χ0n) is 10.7. The van der Waals surface area contributed by atoms with Gasteiger partial charge in [-0.2, -0.15) is 5.26 Å². The molecule has 17 heavy (non-hydrogen) atoms. The second kappa shape index (κ2) is 5.33. The molecule has 0 radical (unpaired) electrons. The third-order valence-electron chi connectivity index (χ3n) is 3.85. The molecule has 0 bridgehead atoms. The summed E-state index contributed by atoms with van der Waals surface area (Å²) < 4.78 is 0. The molecule has 1 aromatic carbocycles. The standard InChI is InChI=1S/C15H20N2/c1-3-15-8-7-12(2)17(15)11-14-6-4-5-13(9-14)10-16/h4-6,9,12,15H,3,7-8,11H2,1-2H3. The monoisotopic (exact) mass is 228 g/mol. The van der Waals surface area contributed by atoms with Crippen molar-refractivity contribution in [3.63, 3.8) is 0 Å². The Bertz CT molecular complexity index is 419. The summed E-state index contributed by atoms with van der Waals surface area (Å²) in [6, 6.07) is 11.6. The van der Waals surface area contributed by atoms with Crippen LogP contribution in [0.25, 0.3) is 0 Å². The van der Waals surface area contributed by atoms with Crippen LogP contribution in [0.5, 0.6) is 0 Å². The minimum Gasteiger partial charge on any atom is -0.293 e. The maximum Gasteiger partial charge on any atom is 0.0991 e. The van der Waals surface area contributed by atoms with E-state index in [0.29, 0.717) is 6.04 Å². The summed E-state index contributed by atoms with van der Waals surface area (Å²) in [7, 11) is 0. The second-order valence-corrected chi connectivity index (χ2v) is 4.97. The first-order valence-electron chi connectivity index (χ1n) is 6.49. The number of nitriles is 1. The Kier molecular flexibility index (Phi) is 3.81. The van der Waals surface area contributed by atoms with Crippen molar-refractivity contribution in [3.05, 3.63) is 35.4 Å². The van der Waals surface area contributed by atoms with Crippen molar-refractivity contribution in [1.29, 1.82) is 5.26 Å². The molecule has 0 N–H and O–H groups in total. The second-order valence-electron chi connectivity index (χ2n) is 4.97. The molecule has 1 aromatic rings. The van der Waals surface area contributed by atoms with E-state index in [9.17, 15) is 0 Å². The van der Waals surface area contributed by atoms with Crippen molar-refractivity contribution in [2.45, 2.75) is 51.7 Å². The van der Waals surface area contributed by atoms with E-state index >= 15 is 0 Å². The number of benzene rings is 1. The first kappa shape index (κ1) is 12.1. The highest BCUT2D eigenvalue weighted by Gasteiger charge is 2.28. The van der Waals surface area contributed by atoms with Gasteiger partial charge in [0.25, 0.3) is 0 Å². The highest BCUT2D eigenvalue weighted by molar-refractivity contribution is 5.32. The maximum atomic E-state index is 8.91. The Hall–Kier alpha value is -1.33. The van der Waals surface area contributed by atoms with Crippen LogP contribution in [0.3, 0.4) is 0 Å². The Morgan fingerprint density at radius 2 is 2.24 bits per heavy atom. The smallest absolute Gasteiger partial charge is 0.0991 e. The average molecular weight is 228 g/mol. The minimum absolute atomic E-state index is 0.672. The van der Waals surface area contributed by atoms with Crippen LogP contribution in [0.15, 0.2) is 24.3 Å².